The van der Waals surface area contributed by atoms with Gasteiger partial charge in [0.25, 0.3) is 0 Å². The van der Waals surface area contributed by atoms with Crippen LogP contribution in [0.5, 0.6) is 11.5 Å². The van der Waals surface area contributed by atoms with Crippen molar-refractivity contribution in [2.45, 2.75) is 50.9 Å². The molecule has 248 valence electrons. The van der Waals surface area contributed by atoms with E-state index in [4.69, 9.17) is 23.7 Å². The second-order valence-electron chi connectivity index (χ2n) is 11.3. The first-order valence-electron chi connectivity index (χ1n) is 15.8. The number of carbonyl (C=O) groups excluding carboxylic acids is 1. The van der Waals surface area contributed by atoms with Crippen molar-refractivity contribution in [2.75, 3.05) is 59.1 Å². The Hall–Kier alpha value is -4.12. The van der Waals surface area contributed by atoms with E-state index in [1.54, 1.807) is 26.2 Å². The third kappa shape index (κ3) is 9.94. The Bertz CT molecular complexity index is 1380. The fourth-order valence-corrected chi connectivity index (χ4v) is 5.63. The molecule has 0 bridgehead atoms. The first-order valence-corrected chi connectivity index (χ1v) is 15.8. The maximum atomic E-state index is 12.8. The summed E-state index contributed by atoms with van der Waals surface area (Å²) < 4.78 is 28.7. The number of anilines is 1. The number of amides is 2. The van der Waals surface area contributed by atoms with Gasteiger partial charge in [-0.25, -0.2) is 4.79 Å². The maximum Gasteiger partial charge on any atom is 0.407 e. The van der Waals surface area contributed by atoms with Crippen LogP contribution in [0.25, 0.3) is 0 Å². The Kier molecular flexibility index (Phi) is 13.7. The van der Waals surface area contributed by atoms with Gasteiger partial charge in [0.15, 0.2) is 0 Å². The SMILES string of the molecule is COCCCC(=O)N(C)c1ccccc1COC1CN(C(=O)O)CCC1c1ccc(OCCCOCc2ccccc2OC)cc1. The van der Waals surface area contributed by atoms with E-state index in [0.717, 1.165) is 40.3 Å². The standard InChI is InChI=1S/C36H46N2O8/c1-37(35(39)14-8-21-42-2)32-12-6-4-10-28(32)26-46-34-24-38(36(40)41)20-19-31(34)27-15-17-30(18-16-27)45-23-9-22-44-25-29-11-5-7-13-33(29)43-3/h4-7,10-13,15-18,31,34H,8-9,14,19-26H2,1-3H3,(H,40,41). The number of rotatable bonds is 17. The highest BCUT2D eigenvalue weighted by atomic mass is 16.5. The molecule has 0 radical (unpaired) electrons. The zero-order valence-electron chi connectivity index (χ0n) is 27.1. The first-order chi connectivity index (χ1) is 22.4. The second kappa shape index (κ2) is 18.1. The zero-order chi connectivity index (χ0) is 32.7. The van der Waals surface area contributed by atoms with Crippen molar-refractivity contribution < 1.29 is 38.4 Å². The molecule has 0 spiro atoms. The van der Waals surface area contributed by atoms with Crippen LogP contribution in [0, 0.1) is 0 Å². The van der Waals surface area contributed by atoms with E-state index >= 15 is 0 Å². The summed E-state index contributed by atoms with van der Waals surface area (Å²) >= 11 is 0. The monoisotopic (exact) mass is 634 g/mol. The van der Waals surface area contributed by atoms with Gasteiger partial charge in [0.2, 0.25) is 5.91 Å². The lowest BCUT2D eigenvalue weighted by Gasteiger charge is -2.37. The van der Waals surface area contributed by atoms with E-state index in [2.05, 4.69) is 0 Å². The molecule has 10 nitrogen and oxygen atoms in total. The van der Waals surface area contributed by atoms with Crippen LogP contribution in [0.15, 0.2) is 72.8 Å². The smallest absolute Gasteiger partial charge is 0.407 e. The fourth-order valence-electron chi connectivity index (χ4n) is 5.63. The van der Waals surface area contributed by atoms with Crippen molar-refractivity contribution in [2.24, 2.45) is 0 Å². The van der Waals surface area contributed by atoms with Crippen molar-refractivity contribution in [1.82, 2.24) is 4.90 Å². The molecule has 1 aliphatic heterocycles. The third-order valence-corrected chi connectivity index (χ3v) is 8.21. The summed E-state index contributed by atoms with van der Waals surface area (Å²) in [5.41, 5.74) is 3.73. The molecular weight excluding hydrogens is 588 g/mol. The lowest BCUT2D eigenvalue weighted by Crippen LogP contribution is -2.46. The van der Waals surface area contributed by atoms with Gasteiger partial charge in [-0.2, -0.15) is 0 Å². The summed E-state index contributed by atoms with van der Waals surface area (Å²) in [6.45, 7) is 3.05. The normalized spacial score (nSPS) is 16.2. The predicted molar refractivity (Wildman–Crippen MR) is 176 cm³/mol. The molecule has 1 heterocycles. The highest BCUT2D eigenvalue weighted by Gasteiger charge is 2.33. The van der Waals surface area contributed by atoms with E-state index in [-0.39, 0.29) is 31.1 Å². The number of methoxy groups -OCH3 is 2. The van der Waals surface area contributed by atoms with Crippen LogP contribution >= 0.6 is 0 Å². The summed E-state index contributed by atoms with van der Waals surface area (Å²) in [6, 6.07) is 23.4. The summed E-state index contributed by atoms with van der Waals surface area (Å²) in [4.78, 5) is 27.7. The zero-order valence-corrected chi connectivity index (χ0v) is 27.1. The van der Waals surface area contributed by atoms with Crippen LogP contribution in [0.3, 0.4) is 0 Å². The molecule has 2 amide bonds. The van der Waals surface area contributed by atoms with Crippen molar-refractivity contribution in [1.29, 1.82) is 0 Å². The minimum atomic E-state index is -0.954. The highest BCUT2D eigenvalue weighted by molar-refractivity contribution is 5.93. The topological polar surface area (TPSA) is 107 Å². The molecule has 3 aromatic rings. The molecule has 1 fully saturated rings. The number of likely N-dealkylation sites (tertiary alicyclic amines) is 1. The molecule has 0 aliphatic carbocycles. The van der Waals surface area contributed by atoms with E-state index in [0.29, 0.717) is 52.2 Å². The number of hydrogen-bond acceptors (Lipinski definition) is 7. The molecule has 2 atom stereocenters. The van der Waals surface area contributed by atoms with Gasteiger partial charge in [0, 0.05) is 62.9 Å². The molecule has 46 heavy (non-hydrogen) atoms. The average molecular weight is 635 g/mol. The van der Waals surface area contributed by atoms with Crippen molar-refractivity contribution in [3.63, 3.8) is 0 Å². The van der Waals surface area contributed by atoms with Crippen molar-refractivity contribution >= 4 is 17.7 Å². The Labute approximate surface area is 271 Å². The van der Waals surface area contributed by atoms with Gasteiger partial charge in [0.05, 0.1) is 46.2 Å². The van der Waals surface area contributed by atoms with Crippen LogP contribution in [-0.2, 0) is 32.2 Å². The van der Waals surface area contributed by atoms with E-state index in [1.165, 1.54) is 4.90 Å². The van der Waals surface area contributed by atoms with Crippen LogP contribution < -0.4 is 14.4 Å². The Balaban J connectivity index is 1.32. The number of piperidine rings is 1. The van der Waals surface area contributed by atoms with E-state index in [9.17, 15) is 14.7 Å². The fraction of sp³-hybridized carbons (Fsp3) is 0.444. The predicted octanol–water partition coefficient (Wildman–Crippen LogP) is 6.12. The molecule has 1 saturated heterocycles. The number of carboxylic acid groups (broad SMARTS) is 1. The number of nitrogens with zero attached hydrogens (tertiary/aromatic N) is 2. The molecule has 0 saturated carbocycles. The number of carbonyl (C=O) groups is 2. The lowest BCUT2D eigenvalue weighted by atomic mass is 9.87. The highest BCUT2D eigenvalue weighted by Crippen LogP contribution is 2.33. The largest absolute Gasteiger partial charge is 0.496 e. The van der Waals surface area contributed by atoms with Gasteiger partial charge in [-0.1, -0.05) is 48.5 Å². The molecule has 2 unspecified atom stereocenters. The summed E-state index contributed by atoms with van der Waals surface area (Å²) in [7, 11) is 5.04. The number of ether oxygens (including phenoxy) is 5. The minimum Gasteiger partial charge on any atom is -0.496 e. The van der Waals surface area contributed by atoms with Crippen LogP contribution in [0.4, 0.5) is 10.5 Å². The van der Waals surface area contributed by atoms with Gasteiger partial charge in [0.1, 0.15) is 11.5 Å². The van der Waals surface area contributed by atoms with Gasteiger partial charge >= 0.3 is 6.09 Å². The molecule has 1 aliphatic rings. The van der Waals surface area contributed by atoms with Gasteiger partial charge in [-0.05, 0) is 42.7 Å². The first kappa shape index (κ1) is 34.7. The second-order valence-corrected chi connectivity index (χ2v) is 11.3. The third-order valence-electron chi connectivity index (χ3n) is 8.21. The Morgan fingerprint density at radius 3 is 2.37 bits per heavy atom. The summed E-state index contributed by atoms with van der Waals surface area (Å²) in [6.07, 6.45) is 1.11. The minimum absolute atomic E-state index is 0.000203. The molecule has 10 heteroatoms. The van der Waals surface area contributed by atoms with Crippen LogP contribution in [0.1, 0.15) is 48.3 Å². The lowest BCUT2D eigenvalue weighted by molar-refractivity contribution is -0.118. The van der Waals surface area contributed by atoms with Gasteiger partial charge in [-0.3, -0.25) is 4.79 Å². The van der Waals surface area contributed by atoms with Crippen LogP contribution in [-0.4, -0.2) is 82.3 Å². The van der Waals surface area contributed by atoms with E-state index in [1.807, 2.05) is 72.8 Å². The van der Waals surface area contributed by atoms with E-state index < -0.39 is 6.09 Å². The Morgan fingerprint density at radius 1 is 0.891 bits per heavy atom. The average Bonchev–Trinajstić information content (AvgIpc) is 3.09. The summed E-state index contributed by atoms with van der Waals surface area (Å²) in [5.74, 6) is 1.59. The van der Waals surface area contributed by atoms with Crippen molar-refractivity contribution in [3.8, 4) is 11.5 Å². The number of hydrogen-bond donors (Lipinski definition) is 1. The molecule has 4 rings (SSSR count). The Morgan fingerprint density at radius 2 is 1.63 bits per heavy atom. The molecular formula is C36H46N2O8. The maximum absolute atomic E-state index is 12.8. The number of benzene rings is 3. The van der Waals surface area contributed by atoms with Gasteiger partial charge in [-0.15, -0.1) is 0 Å². The molecule has 1 N–H and O–H groups in total. The molecule has 0 aromatic heterocycles. The summed E-state index contributed by atoms with van der Waals surface area (Å²) in [5, 5.41) is 9.71. The number of para-hydroxylation sites is 2. The molecule has 3 aromatic carbocycles. The van der Waals surface area contributed by atoms with Crippen LogP contribution in [0.2, 0.25) is 0 Å². The quantitative estimate of drug-likeness (QED) is 0.177. The van der Waals surface area contributed by atoms with Gasteiger partial charge < -0.3 is 38.6 Å². The van der Waals surface area contributed by atoms with Crippen molar-refractivity contribution in [3.05, 3.63) is 89.5 Å².